The maximum absolute atomic E-state index is 13.3. The van der Waals surface area contributed by atoms with E-state index in [-0.39, 0.29) is 30.4 Å². The van der Waals surface area contributed by atoms with Crippen molar-refractivity contribution in [2.24, 2.45) is 0 Å². The van der Waals surface area contributed by atoms with Crippen molar-refractivity contribution in [1.82, 2.24) is 10.2 Å². The number of rotatable bonds is 7. The SMILES string of the molecule is C[C@H](C(=O)NC(C)(C)C)N(Cc1ccc(Cl)c(Cl)c1)C(=O)COc1ccc(C(C)(C)C)cc1Br. The lowest BCUT2D eigenvalue weighted by molar-refractivity contribution is -0.142. The van der Waals surface area contributed by atoms with E-state index in [0.29, 0.717) is 15.8 Å². The summed E-state index contributed by atoms with van der Waals surface area (Å²) in [7, 11) is 0. The molecule has 0 aliphatic carbocycles. The van der Waals surface area contributed by atoms with E-state index in [9.17, 15) is 9.59 Å². The van der Waals surface area contributed by atoms with Gasteiger partial charge in [-0.25, -0.2) is 0 Å². The van der Waals surface area contributed by atoms with E-state index in [0.717, 1.165) is 15.6 Å². The Morgan fingerprint density at radius 1 is 1.03 bits per heavy atom. The molecule has 5 nitrogen and oxygen atoms in total. The molecule has 2 aromatic rings. The fraction of sp³-hybridized carbons (Fsp3) is 0.462. The van der Waals surface area contributed by atoms with Crippen LogP contribution in [0.15, 0.2) is 40.9 Å². The molecular weight excluding hydrogens is 539 g/mol. The van der Waals surface area contributed by atoms with Crippen molar-refractivity contribution in [3.63, 3.8) is 0 Å². The lowest BCUT2D eigenvalue weighted by atomic mass is 9.87. The van der Waals surface area contributed by atoms with E-state index in [2.05, 4.69) is 42.0 Å². The van der Waals surface area contributed by atoms with Gasteiger partial charge in [-0.1, -0.05) is 56.1 Å². The number of nitrogens with zero attached hydrogens (tertiary/aromatic N) is 1. The molecule has 0 heterocycles. The fourth-order valence-corrected chi connectivity index (χ4v) is 4.01. The second-order valence-corrected chi connectivity index (χ2v) is 12.0. The highest BCUT2D eigenvalue weighted by molar-refractivity contribution is 9.10. The number of benzene rings is 2. The van der Waals surface area contributed by atoms with Crippen LogP contribution in [0.1, 0.15) is 59.6 Å². The summed E-state index contributed by atoms with van der Waals surface area (Å²) < 4.78 is 6.61. The van der Waals surface area contributed by atoms with Crippen molar-refractivity contribution in [3.8, 4) is 5.75 Å². The van der Waals surface area contributed by atoms with Crippen LogP contribution in [0, 0.1) is 0 Å². The third kappa shape index (κ3) is 8.17. The molecule has 2 rings (SSSR count). The van der Waals surface area contributed by atoms with Gasteiger partial charge in [0.2, 0.25) is 5.91 Å². The molecule has 0 aliphatic heterocycles. The Kier molecular flexibility index (Phi) is 9.48. The summed E-state index contributed by atoms with van der Waals surface area (Å²) in [5, 5.41) is 3.75. The third-order valence-electron chi connectivity index (χ3n) is 5.15. The van der Waals surface area contributed by atoms with Crippen molar-refractivity contribution in [3.05, 3.63) is 62.0 Å². The molecule has 1 atom stereocenters. The number of nitrogens with one attached hydrogen (secondary N) is 1. The Bertz CT molecular complexity index is 1050. The van der Waals surface area contributed by atoms with Crippen LogP contribution in [0.5, 0.6) is 5.75 Å². The summed E-state index contributed by atoms with van der Waals surface area (Å²) in [6, 6.07) is 10.2. The van der Waals surface area contributed by atoms with Crippen molar-refractivity contribution in [2.75, 3.05) is 6.61 Å². The fourth-order valence-electron chi connectivity index (χ4n) is 3.20. The first-order chi connectivity index (χ1) is 15.6. The summed E-state index contributed by atoms with van der Waals surface area (Å²) in [4.78, 5) is 27.6. The maximum atomic E-state index is 13.3. The van der Waals surface area contributed by atoms with Crippen LogP contribution < -0.4 is 10.1 Å². The molecule has 1 N–H and O–H groups in total. The molecule has 0 fully saturated rings. The van der Waals surface area contributed by atoms with Gasteiger partial charge in [0, 0.05) is 12.1 Å². The van der Waals surface area contributed by atoms with E-state index in [1.165, 1.54) is 4.90 Å². The standard InChI is InChI=1S/C26H33BrCl2N2O3/c1-16(24(33)30-26(5,6)7)31(14-17-8-10-20(28)21(29)12-17)23(32)15-34-22-11-9-18(13-19(22)27)25(2,3)4/h8-13,16H,14-15H2,1-7H3,(H,30,33)/t16-/m1/s1. The van der Waals surface area contributed by atoms with Crippen molar-refractivity contribution < 1.29 is 14.3 Å². The first-order valence-electron chi connectivity index (χ1n) is 11.1. The second kappa shape index (κ2) is 11.3. The molecule has 0 aromatic heterocycles. The molecule has 0 saturated carbocycles. The number of amides is 2. The Hall–Kier alpha value is -1.76. The number of ether oxygens (including phenoxy) is 1. The highest BCUT2D eigenvalue weighted by Gasteiger charge is 2.29. The lowest BCUT2D eigenvalue weighted by Gasteiger charge is -2.31. The molecule has 8 heteroatoms. The van der Waals surface area contributed by atoms with Gasteiger partial charge in [-0.3, -0.25) is 9.59 Å². The number of carbonyl (C=O) groups excluding carboxylic acids is 2. The minimum absolute atomic E-state index is 0.0105. The number of halogens is 3. The average Bonchev–Trinajstić information content (AvgIpc) is 2.71. The highest BCUT2D eigenvalue weighted by atomic mass is 79.9. The Balaban J connectivity index is 2.24. The summed E-state index contributed by atoms with van der Waals surface area (Å²) in [5.74, 6) is -0.0197. The first-order valence-corrected chi connectivity index (χ1v) is 12.6. The molecular formula is C26H33BrCl2N2O3. The minimum atomic E-state index is -0.725. The zero-order chi connectivity index (χ0) is 25.8. The van der Waals surface area contributed by atoms with Crippen LogP contribution in [0.3, 0.4) is 0 Å². The summed E-state index contributed by atoms with van der Waals surface area (Å²) in [6.07, 6.45) is 0. The van der Waals surface area contributed by atoms with Crippen molar-refractivity contribution in [2.45, 2.75) is 72.0 Å². The molecule has 0 radical (unpaired) electrons. The van der Waals surface area contributed by atoms with Gasteiger partial charge in [-0.05, 0) is 84.4 Å². The van der Waals surface area contributed by atoms with Gasteiger partial charge in [-0.15, -0.1) is 0 Å². The molecule has 0 aliphatic rings. The van der Waals surface area contributed by atoms with Gasteiger partial charge in [0.15, 0.2) is 6.61 Å². The highest BCUT2D eigenvalue weighted by Crippen LogP contribution is 2.31. The topological polar surface area (TPSA) is 58.6 Å². The molecule has 186 valence electrons. The Morgan fingerprint density at radius 3 is 2.21 bits per heavy atom. The van der Waals surface area contributed by atoms with Gasteiger partial charge < -0.3 is 15.0 Å². The number of hydrogen-bond donors (Lipinski definition) is 1. The average molecular weight is 572 g/mol. The van der Waals surface area contributed by atoms with Crippen LogP contribution in [0.4, 0.5) is 0 Å². The van der Waals surface area contributed by atoms with Crippen LogP contribution in [-0.4, -0.2) is 34.9 Å². The van der Waals surface area contributed by atoms with E-state index in [1.807, 2.05) is 39.0 Å². The monoisotopic (exact) mass is 570 g/mol. The van der Waals surface area contributed by atoms with Crippen LogP contribution >= 0.6 is 39.1 Å². The normalized spacial score (nSPS) is 12.8. The minimum Gasteiger partial charge on any atom is -0.483 e. The van der Waals surface area contributed by atoms with Crippen molar-refractivity contribution >= 4 is 50.9 Å². The Morgan fingerprint density at radius 2 is 1.68 bits per heavy atom. The summed E-state index contributed by atoms with van der Waals surface area (Å²) in [6.45, 7) is 13.7. The summed E-state index contributed by atoms with van der Waals surface area (Å²) in [5.41, 5.74) is 1.46. The summed E-state index contributed by atoms with van der Waals surface area (Å²) >= 11 is 15.7. The van der Waals surface area contributed by atoms with Crippen LogP contribution in [0.2, 0.25) is 10.0 Å². The van der Waals surface area contributed by atoms with Gasteiger partial charge in [0.1, 0.15) is 11.8 Å². The van der Waals surface area contributed by atoms with Gasteiger partial charge in [0.05, 0.1) is 14.5 Å². The smallest absolute Gasteiger partial charge is 0.261 e. The maximum Gasteiger partial charge on any atom is 0.261 e. The van der Waals surface area contributed by atoms with E-state index >= 15 is 0 Å². The predicted molar refractivity (Wildman–Crippen MR) is 143 cm³/mol. The van der Waals surface area contributed by atoms with Crippen molar-refractivity contribution in [1.29, 1.82) is 0 Å². The lowest BCUT2D eigenvalue weighted by Crippen LogP contribution is -2.53. The van der Waals surface area contributed by atoms with E-state index < -0.39 is 11.6 Å². The zero-order valence-corrected chi connectivity index (χ0v) is 23.9. The predicted octanol–water partition coefficient (Wildman–Crippen LogP) is 6.76. The molecule has 34 heavy (non-hydrogen) atoms. The number of carbonyl (C=O) groups is 2. The van der Waals surface area contributed by atoms with Gasteiger partial charge in [-0.2, -0.15) is 0 Å². The van der Waals surface area contributed by atoms with E-state index in [1.54, 1.807) is 25.1 Å². The largest absolute Gasteiger partial charge is 0.483 e. The van der Waals surface area contributed by atoms with Gasteiger partial charge >= 0.3 is 0 Å². The quantitative estimate of drug-likeness (QED) is 0.399. The van der Waals surface area contributed by atoms with Gasteiger partial charge in [0.25, 0.3) is 5.91 Å². The number of hydrogen-bond acceptors (Lipinski definition) is 3. The first kappa shape index (κ1) is 28.5. The van der Waals surface area contributed by atoms with Crippen LogP contribution in [-0.2, 0) is 21.5 Å². The molecule has 0 unspecified atom stereocenters. The third-order valence-corrected chi connectivity index (χ3v) is 6.51. The van der Waals surface area contributed by atoms with Crippen LogP contribution in [0.25, 0.3) is 0 Å². The molecule has 0 saturated heterocycles. The molecule has 2 amide bonds. The second-order valence-electron chi connectivity index (χ2n) is 10.4. The molecule has 2 aromatic carbocycles. The van der Waals surface area contributed by atoms with E-state index in [4.69, 9.17) is 27.9 Å². The molecule has 0 bridgehead atoms. The zero-order valence-electron chi connectivity index (χ0n) is 20.8. The Labute approximate surface area is 221 Å². The molecule has 0 spiro atoms.